The van der Waals surface area contributed by atoms with Crippen molar-refractivity contribution in [1.82, 2.24) is 4.57 Å². The van der Waals surface area contributed by atoms with Gasteiger partial charge in [0.2, 0.25) is 6.33 Å². The van der Waals surface area contributed by atoms with Gasteiger partial charge in [0.25, 0.3) is 0 Å². The van der Waals surface area contributed by atoms with Gasteiger partial charge >= 0.3 is 35.8 Å². The van der Waals surface area contributed by atoms with Crippen LogP contribution in [0.25, 0.3) is 0 Å². The number of aromatic nitrogens is 2. The molecule has 0 saturated heterocycles. The first-order chi connectivity index (χ1) is 20.1. The second-order valence-electron chi connectivity index (χ2n) is 10.5. The predicted octanol–water partition coefficient (Wildman–Crippen LogP) is 10.3. The molecular weight excluding hydrogens is 654 g/mol. The molecule has 0 aliphatic carbocycles. The Morgan fingerprint density at radius 1 is 0.636 bits per heavy atom. The van der Waals surface area contributed by atoms with Crippen LogP contribution < -0.4 is 4.57 Å². The van der Waals surface area contributed by atoms with Crippen molar-refractivity contribution >= 4 is 11.6 Å². The minimum absolute atomic E-state index is 0.176. The van der Waals surface area contributed by atoms with Gasteiger partial charge in [0.05, 0.1) is 11.6 Å². The maximum atomic E-state index is 13.9. The molecule has 1 heterocycles. The van der Waals surface area contributed by atoms with Crippen molar-refractivity contribution in [1.29, 1.82) is 0 Å². The van der Waals surface area contributed by atoms with Crippen molar-refractivity contribution in [2.24, 2.45) is 0 Å². The molecule has 0 saturated carbocycles. The fourth-order valence-corrected chi connectivity index (χ4v) is 4.59. The lowest BCUT2D eigenvalue weighted by Gasteiger charge is -2.39. The number of imidazole rings is 1. The Morgan fingerprint density at radius 3 is 1.66 bits per heavy atom. The van der Waals surface area contributed by atoms with Gasteiger partial charge in [-0.1, -0.05) is 56.2 Å². The Hall–Kier alpha value is -2.26. The van der Waals surface area contributed by atoms with Crippen molar-refractivity contribution < 1.29 is 66.0 Å². The van der Waals surface area contributed by atoms with Crippen LogP contribution in [0.3, 0.4) is 0 Å². The summed E-state index contributed by atoms with van der Waals surface area (Å²) in [5.74, 6) is -36.9. The van der Waals surface area contributed by atoms with E-state index in [0.717, 1.165) is 25.7 Å². The van der Waals surface area contributed by atoms with E-state index in [4.69, 9.17) is 11.6 Å². The third-order valence-electron chi connectivity index (χ3n) is 7.05. The van der Waals surface area contributed by atoms with Gasteiger partial charge < -0.3 is 0 Å². The van der Waals surface area contributed by atoms with Crippen LogP contribution >= 0.6 is 11.6 Å². The maximum absolute atomic E-state index is 13.9. The molecule has 0 bridgehead atoms. The van der Waals surface area contributed by atoms with Gasteiger partial charge in [0.15, 0.2) is 0 Å². The van der Waals surface area contributed by atoms with Gasteiger partial charge in [-0.3, -0.25) is 0 Å². The first-order valence-electron chi connectivity index (χ1n) is 13.5. The summed E-state index contributed by atoms with van der Waals surface area (Å²) in [4.78, 5) is 0. The summed E-state index contributed by atoms with van der Waals surface area (Å²) in [6.45, 7) is 0.928. The van der Waals surface area contributed by atoms with E-state index in [-0.39, 0.29) is 19.4 Å². The van der Waals surface area contributed by atoms with Crippen molar-refractivity contribution in [2.45, 2.75) is 113 Å². The summed E-state index contributed by atoms with van der Waals surface area (Å²) in [5, 5.41) is 0.315. The third kappa shape index (κ3) is 8.31. The number of nitrogens with zero attached hydrogens (tertiary/aromatic N) is 2. The molecule has 0 unspecified atom stereocenters. The monoisotopic (exact) mass is 683 g/mol. The predicted molar refractivity (Wildman–Crippen MR) is 132 cm³/mol. The molecule has 0 aliphatic rings. The minimum Gasteiger partial charge on any atom is -0.237 e. The smallest absolute Gasteiger partial charge is 0.237 e. The van der Waals surface area contributed by atoms with Crippen molar-refractivity contribution in [2.75, 3.05) is 0 Å². The molecule has 1 aromatic heterocycles. The fraction of sp³-hybridized carbons (Fsp3) is 0.667. The SMILES string of the molecule is Fc1cccc(Cl)c1C[n+]1ccn(CCCCCCCCCCCC(F)(F)C(F)(F)C(F)(F)C(F)(F)C(F)(F)C(F)(F)F)c1. The first-order valence-corrected chi connectivity index (χ1v) is 13.9. The highest BCUT2D eigenvalue weighted by atomic mass is 35.5. The van der Waals surface area contributed by atoms with E-state index in [1.54, 1.807) is 23.2 Å². The van der Waals surface area contributed by atoms with Crippen molar-refractivity contribution in [3.05, 3.63) is 53.3 Å². The topological polar surface area (TPSA) is 8.81 Å². The van der Waals surface area contributed by atoms with Gasteiger partial charge in [0, 0.05) is 12.0 Å². The molecule has 0 radical (unpaired) electrons. The number of benzene rings is 1. The largest absolute Gasteiger partial charge is 0.460 e. The summed E-state index contributed by atoms with van der Waals surface area (Å²) in [7, 11) is 0. The van der Waals surface area contributed by atoms with Crippen molar-refractivity contribution in [3.63, 3.8) is 0 Å². The van der Waals surface area contributed by atoms with Crippen LogP contribution in [-0.4, -0.2) is 40.4 Å². The molecule has 0 fully saturated rings. The highest BCUT2D eigenvalue weighted by Crippen LogP contribution is 2.60. The summed E-state index contributed by atoms with van der Waals surface area (Å²) < 4.78 is 188. The molecule has 0 aliphatic heterocycles. The molecule has 44 heavy (non-hydrogen) atoms. The maximum Gasteiger partial charge on any atom is 0.460 e. The third-order valence-corrected chi connectivity index (χ3v) is 7.41. The van der Waals surface area contributed by atoms with E-state index >= 15 is 0 Å². The van der Waals surface area contributed by atoms with E-state index in [1.807, 2.05) is 10.8 Å². The Balaban J connectivity index is 1.67. The first kappa shape index (κ1) is 37.9. The van der Waals surface area contributed by atoms with Crippen LogP contribution in [0, 0.1) is 5.82 Å². The van der Waals surface area contributed by atoms with Gasteiger partial charge in [-0.15, -0.1) is 0 Å². The molecule has 2 rings (SSSR count). The van der Waals surface area contributed by atoms with Gasteiger partial charge in [-0.2, -0.15) is 57.1 Å². The molecule has 2 nitrogen and oxygen atoms in total. The molecular formula is C27H30ClF14N2+. The summed E-state index contributed by atoms with van der Waals surface area (Å²) in [6, 6.07) is 4.42. The van der Waals surface area contributed by atoms with E-state index in [1.165, 1.54) is 12.1 Å². The minimum atomic E-state index is -7.85. The van der Waals surface area contributed by atoms with Gasteiger partial charge in [-0.05, 0) is 31.4 Å². The Labute approximate surface area is 249 Å². The van der Waals surface area contributed by atoms with Crippen molar-refractivity contribution in [3.8, 4) is 0 Å². The lowest BCUT2D eigenvalue weighted by atomic mass is 9.91. The number of unbranched alkanes of at least 4 members (excludes halogenated alkanes) is 8. The average molecular weight is 684 g/mol. The van der Waals surface area contributed by atoms with Gasteiger partial charge in [-0.25, -0.2) is 13.5 Å². The van der Waals surface area contributed by atoms with Crippen LogP contribution in [0.5, 0.6) is 0 Å². The molecule has 252 valence electrons. The second kappa shape index (κ2) is 14.4. The number of hydrogen-bond donors (Lipinski definition) is 0. The summed E-state index contributed by atoms with van der Waals surface area (Å²) in [6.07, 6.45) is -0.898. The molecule has 2 aromatic rings. The zero-order chi connectivity index (χ0) is 33.6. The second-order valence-corrected chi connectivity index (χ2v) is 10.9. The Morgan fingerprint density at radius 2 is 1.14 bits per heavy atom. The van der Waals surface area contributed by atoms with Crippen LogP contribution in [0.15, 0.2) is 36.9 Å². The van der Waals surface area contributed by atoms with Crippen LogP contribution in [0.4, 0.5) is 61.5 Å². The van der Waals surface area contributed by atoms with Crippen LogP contribution in [0.1, 0.15) is 69.8 Å². The highest BCUT2D eigenvalue weighted by molar-refractivity contribution is 6.31. The number of aryl methyl sites for hydroxylation is 1. The average Bonchev–Trinajstić information content (AvgIpc) is 3.35. The Kier molecular flexibility index (Phi) is 12.5. The molecule has 0 N–H and O–H groups in total. The Bertz CT molecular complexity index is 1170. The van der Waals surface area contributed by atoms with Crippen LogP contribution in [-0.2, 0) is 13.1 Å². The fourth-order valence-electron chi connectivity index (χ4n) is 4.37. The van der Waals surface area contributed by atoms with E-state index < -0.39 is 54.4 Å². The number of rotatable bonds is 18. The number of halogens is 15. The highest BCUT2D eigenvalue weighted by Gasteiger charge is 2.90. The lowest BCUT2D eigenvalue weighted by molar-refractivity contribution is -0.688. The number of alkyl halides is 13. The van der Waals surface area contributed by atoms with E-state index in [9.17, 15) is 61.5 Å². The van der Waals surface area contributed by atoms with Gasteiger partial charge in [0.1, 0.15) is 24.8 Å². The normalized spacial score (nSPS) is 14.0. The molecule has 0 atom stereocenters. The molecule has 1 aromatic carbocycles. The number of hydrogen-bond acceptors (Lipinski definition) is 0. The molecule has 0 amide bonds. The quantitative estimate of drug-likeness (QED) is 0.0840. The zero-order valence-corrected chi connectivity index (χ0v) is 23.8. The van der Waals surface area contributed by atoms with E-state index in [2.05, 4.69) is 0 Å². The molecule has 17 heteroatoms. The summed E-state index contributed by atoms with van der Waals surface area (Å²) >= 11 is 6.04. The van der Waals surface area contributed by atoms with Crippen LogP contribution in [0.2, 0.25) is 5.02 Å². The van der Waals surface area contributed by atoms with E-state index in [0.29, 0.717) is 30.0 Å². The molecule has 0 spiro atoms. The zero-order valence-electron chi connectivity index (χ0n) is 23.0. The standard InChI is InChI=1S/C27H30ClF14N2/c28-20-11-10-12-21(29)19(20)17-44-16-15-43(18-44)14-9-7-5-3-1-2-4-6-8-13-22(30,31)23(32,33)24(34,35)25(36,37)26(38,39)27(40,41)42/h10-12,15-16,18H,1-9,13-14,17H2/q+1. The summed E-state index contributed by atoms with van der Waals surface area (Å²) in [5.41, 5.74) is 0.363. The lowest BCUT2D eigenvalue weighted by Crippen LogP contribution is -2.70.